The fourth-order valence-corrected chi connectivity index (χ4v) is 4.13. The summed E-state index contributed by atoms with van der Waals surface area (Å²) >= 11 is 0. The number of carbonyl (C=O) groups is 1. The zero-order valence-corrected chi connectivity index (χ0v) is 12.7. The number of benzene rings is 2. The van der Waals surface area contributed by atoms with Gasteiger partial charge in [-0.1, -0.05) is 49.2 Å². The zero-order valence-electron chi connectivity index (χ0n) is 12.7. The van der Waals surface area contributed by atoms with E-state index in [0.717, 1.165) is 24.1 Å². The van der Waals surface area contributed by atoms with Crippen LogP contribution in [0.25, 0.3) is 0 Å². The van der Waals surface area contributed by atoms with E-state index in [2.05, 4.69) is 23.1 Å². The van der Waals surface area contributed by atoms with Gasteiger partial charge >= 0.3 is 0 Å². The first-order valence-electron chi connectivity index (χ1n) is 8.31. The minimum atomic E-state index is 0.157. The van der Waals surface area contributed by atoms with E-state index in [-0.39, 0.29) is 5.91 Å². The molecule has 0 saturated heterocycles. The van der Waals surface area contributed by atoms with Crippen molar-refractivity contribution in [2.75, 3.05) is 4.90 Å². The second kappa shape index (κ2) is 5.60. The molecule has 1 heterocycles. The second-order valence-electron chi connectivity index (χ2n) is 6.49. The molecule has 22 heavy (non-hydrogen) atoms. The Bertz CT molecular complexity index is 679. The number of anilines is 1. The molecule has 1 saturated carbocycles. The van der Waals surface area contributed by atoms with Crippen molar-refractivity contribution < 1.29 is 4.79 Å². The highest BCUT2D eigenvalue weighted by Gasteiger charge is 2.38. The van der Waals surface area contributed by atoms with E-state index in [1.807, 2.05) is 36.4 Å². The van der Waals surface area contributed by atoms with Crippen LogP contribution in [0.3, 0.4) is 0 Å². The Morgan fingerprint density at radius 3 is 2.50 bits per heavy atom. The molecule has 1 aliphatic heterocycles. The van der Waals surface area contributed by atoms with Crippen LogP contribution in [-0.4, -0.2) is 11.9 Å². The molecular formula is C20H21NO. The molecule has 0 aromatic heterocycles. The molecule has 4 rings (SSSR count). The van der Waals surface area contributed by atoms with Crippen LogP contribution in [0.4, 0.5) is 5.69 Å². The number of hydrogen-bond donors (Lipinski definition) is 0. The topological polar surface area (TPSA) is 20.3 Å². The fourth-order valence-electron chi connectivity index (χ4n) is 4.13. The van der Waals surface area contributed by atoms with Gasteiger partial charge in [0.05, 0.1) is 0 Å². The van der Waals surface area contributed by atoms with Crippen LogP contribution in [0.15, 0.2) is 54.6 Å². The highest BCUT2D eigenvalue weighted by atomic mass is 16.2. The number of amides is 1. The van der Waals surface area contributed by atoms with Crippen molar-refractivity contribution in [1.29, 1.82) is 0 Å². The summed E-state index contributed by atoms with van der Waals surface area (Å²) in [6, 6.07) is 18.5. The number of rotatable bonds is 1. The van der Waals surface area contributed by atoms with E-state index >= 15 is 0 Å². The van der Waals surface area contributed by atoms with Gasteiger partial charge in [0.2, 0.25) is 0 Å². The van der Waals surface area contributed by atoms with Gasteiger partial charge in [-0.05, 0) is 48.9 Å². The van der Waals surface area contributed by atoms with Crippen LogP contribution in [0, 0.1) is 5.92 Å². The van der Waals surface area contributed by atoms with Gasteiger partial charge in [0, 0.05) is 17.3 Å². The Hall–Kier alpha value is -2.09. The monoisotopic (exact) mass is 291 g/mol. The van der Waals surface area contributed by atoms with Crippen molar-refractivity contribution in [2.24, 2.45) is 5.92 Å². The fraction of sp³-hybridized carbons (Fsp3) is 0.350. The molecule has 112 valence electrons. The molecule has 0 unspecified atom stereocenters. The van der Waals surface area contributed by atoms with Gasteiger partial charge in [0.1, 0.15) is 0 Å². The Morgan fingerprint density at radius 2 is 1.64 bits per heavy atom. The summed E-state index contributed by atoms with van der Waals surface area (Å²) in [5, 5.41) is 0. The molecule has 0 spiro atoms. The predicted octanol–water partition coefficient (Wildman–Crippen LogP) is 4.45. The lowest BCUT2D eigenvalue weighted by molar-refractivity contribution is 0.0951. The largest absolute Gasteiger partial charge is 0.305 e. The highest BCUT2D eigenvalue weighted by molar-refractivity contribution is 6.07. The standard InChI is InChI=1S/C20H21NO/c22-20(15-8-2-1-3-9-15)21-18-12-6-4-10-16(18)14-17-11-5-7-13-19(17)21/h1-4,6,8-10,12,17,19H,5,7,11,13-14H2/t17-,19+/m1/s1. The average molecular weight is 291 g/mol. The summed E-state index contributed by atoms with van der Waals surface area (Å²) in [5.74, 6) is 0.779. The molecule has 2 nitrogen and oxygen atoms in total. The van der Waals surface area contributed by atoms with Gasteiger partial charge in [-0.25, -0.2) is 0 Å². The smallest absolute Gasteiger partial charge is 0.258 e. The van der Waals surface area contributed by atoms with Crippen LogP contribution in [0.1, 0.15) is 41.6 Å². The summed E-state index contributed by atoms with van der Waals surface area (Å²) in [6.45, 7) is 0. The first kappa shape index (κ1) is 13.6. The van der Waals surface area contributed by atoms with Crippen molar-refractivity contribution in [1.82, 2.24) is 0 Å². The zero-order chi connectivity index (χ0) is 14.9. The normalized spacial score (nSPS) is 23.5. The predicted molar refractivity (Wildman–Crippen MR) is 89.1 cm³/mol. The molecule has 2 atom stereocenters. The van der Waals surface area contributed by atoms with Gasteiger partial charge in [-0.15, -0.1) is 0 Å². The number of para-hydroxylation sites is 1. The summed E-state index contributed by atoms with van der Waals surface area (Å²) < 4.78 is 0. The van der Waals surface area contributed by atoms with E-state index < -0.39 is 0 Å². The van der Waals surface area contributed by atoms with E-state index in [1.54, 1.807) is 0 Å². The van der Waals surface area contributed by atoms with Crippen molar-refractivity contribution >= 4 is 11.6 Å². The molecule has 0 N–H and O–H groups in total. The van der Waals surface area contributed by atoms with Crippen LogP contribution < -0.4 is 4.90 Å². The Morgan fingerprint density at radius 1 is 0.909 bits per heavy atom. The van der Waals surface area contributed by atoms with E-state index in [4.69, 9.17) is 0 Å². The molecule has 2 heteroatoms. The minimum Gasteiger partial charge on any atom is -0.305 e. The molecule has 1 amide bonds. The van der Waals surface area contributed by atoms with Crippen molar-refractivity contribution in [3.8, 4) is 0 Å². The quantitative estimate of drug-likeness (QED) is 0.760. The molecule has 2 aliphatic rings. The summed E-state index contributed by atoms with van der Waals surface area (Å²) in [7, 11) is 0. The van der Waals surface area contributed by atoms with Gasteiger partial charge in [0.15, 0.2) is 0 Å². The summed E-state index contributed by atoms with van der Waals surface area (Å²) in [6.07, 6.45) is 6.05. The average Bonchev–Trinajstić information content (AvgIpc) is 2.60. The van der Waals surface area contributed by atoms with Crippen LogP contribution in [0.5, 0.6) is 0 Å². The maximum absolute atomic E-state index is 13.1. The van der Waals surface area contributed by atoms with E-state index in [0.29, 0.717) is 12.0 Å². The van der Waals surface area contributed by atoms with Gasteiger partial charge in [-0.2, -0.15) is 0 Å². The molecule has 2 aromatic carbocycles. The Kier molecular flexibility index (Phi) is 3.45. The maximum Gasteiger partial charge on any atom is 0.258 e. The Balaban J connectivity index is 1.79. The number of hydrogen-bond acceptors (Lipinski definition) is 1. The summed E-state index contributed by atoms with van der Waals surface area (Å²) in [5.41, 5.74) is 3.25. The van der Waals surface area contributed by atoms with Gasteiger partial charge in [-0.3, -0.25) is 4.79 Å². The van der Waals surface area contributed by atoms with Crippen molar-refractivity contribution in [2.45, 2.75) is 38.1 Å². The maximum atomic E-state index is 13.1. The number of carbonyl (C=O) groups excluding carboxylic acids is 1. The molecular weight excluding hydrogens is 270 g/mol. The third-order valence-corrected chi connectivity index (χ3v) is 5.17. The van der Waals surface area contributed by atoms with Crippen LogP contribution >= 0.6 is 0 Å². The molecule has 1 fully saturated rings. The highest BCUT2D eigenvalue weighted by Crippen LogP contribution is 2.41. The van der Waals surface area contributed by atoms with Crippen LogP contribution in [0.2, 0.25) is 0 Å². The van der Waals surface area contributed by atoms with Crippen molar-refractivity contribution in [3.63, 3.8) is 0 Å². The first-order valence-corrected chi connectivity index (χ1v) is 8.31. The molecule has 0 bridgehead atoms. The third-order valence-electron chi connectivity index (χ3n) is 5.17. The van der Waals surface area contributed by atoms with E-state index in [1.165, 1.54) is 24.8 Å². The lowest BCUT2D eigenvalue weighted by atomic mass is 9.76. The number of fused-ring (bicyclic) bond motifs is 2. The van der Waals surface area contributed by atoms with Gasteiger partial charge in [0.25, 0.3) is 5.91 Å². The lowest BCUT2D eigenvalue weighted by Gasteiger charge is -2.45. The third kappa shape index (κ3) is 2.23. The summed E-state index contributed by atoms with van der Waals surface area (Å²) in [4.78, 5) is 15.2. The van der Waals surface area contributed by atoms with Gasteiger partial charge < -0.3 is 4.90 Å². The van der Waals surface area contributed by atoms with Crippen LogP contribution in [-0.2, 0) is 6.42 Å². The molecule has 0 radical (unpaired) electrons. The first-order chi connectivity index (χ1) is 10.8. The lowest BCUT2D eigenvalue weighted by Crippen LogP contribution is -2.50. The van der Waals surface area contributed by atoms with E-state index in [9.17, 15) is 4.79 Å². The number of nitrogens with zero attached hydrogens (tertiary/aromatic N) is 1. The van der Waals surface area contributed by atoms with Crippen molar-refractivity contribution in [3.05, 3.63) is 65.7 Å². The SMILES string of the molecule is O=C(c1ccccc1)N1c2ccccc2C[C@H]2CCCC[C@@H]21. The molecule has 2 aromatic rings. The second-order valence-corrected chi connectivity index (χ2v) is 6.49. The molecule has 1 aliphatic carbocycles. The minimum absolute atomic E-state index is 0.157. The Labute approximate surface area is 131 Å².